The van der Waals surface area contributed by atoms with Crippen LogP contribution in [0.4, 0.5) is 0 Å². The first-order valence-corrected chi connectivity index (χ1v) is 7.48. The van der Waals surface area contributed by atoms with Crippen LogP contribution < -0.4 is 11.1 Å². The topological polar surface area (TPSA) is 71.5 Å². The molecule has 0 radical (unpaired) electrons. The molecule has 2 rings (SSSR count). The van der Waals surface area contributed by atoms with Gasteiger partial charge < -0.3 is 15.5 Å². The lowest BCUT2D eigenvalue weighted by Gasteiger charge is -2.33. The van der Waals surface area contributed by atoms with Crippen molar-refractivity contribution in [2.45, 2.75) is 51.2 Å². The predicted molar refractivity (Wildman–Crippen MR) is 78.0 cm³/mol. The molecule has 1 aromatic rings. The van der Waals surface area contributed by atoms with Crippen LogP contribution in [0.3, 0.4) is 0 Å². The van der Waals surface area contributed by atoms with Gasteiger partial charge in [-0.3, -0.25) is 9.69 Å². The lowest BCUT2D eigenvalue weighted by molar-refractivity contribution is -0.127. The first-order valence-electron chi connectivity index (χ1n) is 7.48. The van der Waals surface area contributed by atoms with Crippen molar-refractivity contribution in [1.29, 1.82) is 0 Å². The molecule has 3 N–H and O–H groups in total. The van der Waals surface area contributed by atoms with E-state index < -0.39 is 0 Å². The fourth-order valence-electron chi connectivity index (χ4n) is 2.96. The minimum Gasteiger partial charge on any atom is -0.467 e. The molecule has 1 atom stereocenters. The molecule has 1 aromatic heterocycles. The Kier molecular flexibility index (Phi) is 5.61. The number of carbonyl (C=O) groups excluding carboxylic acids is 1. The molecular weight excluding hydrogens is 254 g/mol. The first kappa shape index (κ1) is 15.1. The van der Waals surface area contributed by atoms with Gasteiger partial charge in [-0.15, -0.1) is 0 Å². The van der Waals surface area contributed by atoms with Crippen molar-refractivity contribution in [1.82, 2.24) is 10.2 Å². The Morgan fingerprint density at radius 3 is 2.90 bits per heavy atom. The van der Waals surface area contributed by atoms with Crippen LogP contribution in [0.1, 0.15) is 38.4 Å². The van der Waals surface area contributed by atoms with Gasteiger partial charge in [0.05, 0.1) is 18.8 Å². The number of hydrogen-bond donors (Lipinski definition) is 2. The predicted octanol–water partition coefficient (Wildman–Crippen LogP) is 1.49. The van der Waals surface area contributed by atoms with E-state index in [0.29, 0.717) is 19.1 Å². The molecule has 1 amide bonds. The van der Waals surface area contributed by atoms with E-state index in [2.05, 4.69) is 10.2 Å². The third-order valence-corrected chi connectivity index (χ3v) is 4.07. The number of furan rings is 1. The monoisotopic (exact) mass is 279 g/mol. The van der Waals surface area contributed by atoms with Crippen molar-refractivity contribution < 1.29 is 9.21 Å². The lowest BCUT2D eigenvalue weighted by atomic mass is 10.1. The molecule has 0 saturated heterocycles. The Labute approximate surface area is 120 Å². The van der Waals surface area contributed by atoms with Crippen LogP contribution in [0.15, 0.2) is 22.8 Å². The van der Waals surface area contributed by atoms with E-state index in [9.17, 15) is 4.79 Å². The highest BCUT2D eigenvalue weighted by Gasteiger charge is 2.29. The molecule has 1 heterocycles. The van der Waals surface area contributed by atoms with Crippen molar-refractivity contribution in [2.75, 3.05) is 13.1 Å². The van der Waals surface area contributed by atoms with Crippen LogP contribution in [-0.4, -0.2) is 36.0 Å². The van der Waals surface area contributed by atoms with Gasteiger partial charge in [0.1, 0.15) is 5.76 Å². The fourth-order valence-corrected chi connectivity index (χ4v) is 2.96. The van der Waals surface area contributed by atoms with Crippen molar-refractivity contribution in [3.05, 3.63) is 24.2 Å². The van der Waals surface area contributed by atoms with E-state index >= 15 is 0 Å². The number of nitrogens with zero attached hydrogens (tertiary/aromatic N) is 1. The molecule has 1 aliphatic carbocycles. The molecule has 112 valence electrons. The van der Waals surface area contributed by atoms with Crippen molar-refractivity contribution in [3.63, 3.8) is 0 Å². The zero-order chi connectivity index (χ0) is 14.4. The van der Waals surface area contributed by atoms with Crippen LogP contribution in [-0.2, 0) is 11.3 Å². The summed E-state index contributed by atoms with van der Waals surface area (Å²) >= 11 is 0. The Morgan fingerprint density at radius 2 is 2.30 bits per heavy atom. The summed E-state index contributed by atoms with van der Waals surface area (Å²) in [6, 6.07) is 4.04. The molecule has 20 heavy (non-hydrogen) atoms. The molecule has 1 aliphatic rings. The Balaban J connectivity index is 1.88. The maximum Gasteiger partial charge on any atom is 0.237 e. The van der Waals surface area contributed by atoms with Gasteiger partial charge in [0.25, 0.3) is 0 Å². The van der Waals surface area contributed by atoms with Gasteiger partial charge in [-0.25, -0.2) is 0 Å². The highest BCUT2D eigenvalue weighted by atomic mass is 16.3. The Hall–Kier alpha value is -1.33. The Bertz CT molecular complexity index is 399. The molecule has 5 nitrogen and oxygen atoms in total. The second kappa shape index (κ2) is 7.45. The summed E-state index contributed by atoms with van der Waals surface area (Å²) in [7, 11) is 0. The summed E-state index contributed by atoms with van der Waals surface area (Å²) in [5, 5.41) is 2.93. The van der Waals surface area contributed by atoms with E-state index in [4.69, 9.17) is 10.2 Å². The molecule has 0 aromatic carbocycles. The van der Waals surface area contributed by atoms with Crippen LogP contribution >= 0.6 is 0 Å². The van der Waals surface area contributed by atoms with Gasteiger partial charge in [-0.05, 0) is 31.9 Å². The van der Waals surface area contributed by atoms with E-state index in [1.54, 1.807) is 6.26 Å². The summed E-state index contributed by atoms with van der Waals surface area (Å²) in [5.74, 6) is 0.818. The third-order valence-electron chi connectivity index (χ3n) is 4.07. The number of amides is 1. The summed E-state index contributed by atoms with van der Waals surface area (Å²) in [6.45, 7) is 3.77. The number of rotatable bonds is 7. The van der Waals surface area contributed by atoms with Crippen molar-refractivity contribution >= 4 is 5.91 Å². The number of nitrogens with two attached hydrogens (primary N) is 1. The maximum absolute atomic E-state index is 12.3. The van der Waals surface area contributed by atoms with Gasteiger partial charge in [0.15, 0.2) is 0 Å². The second-order valence-corrected chi connectivity index (χ2v) is 5.44. The van der Waals surface area contributed by atoms with Crippen LogP contribution in [0, 0.1) is 0 Å². The van der Waals surface area contributed by atoms with Gasteiger partial charge in [0, 0.05) is 19.1 Å². The summed E-state index contributed by atoms with van der Waals surface area (Å²) < 4.78 is 5.22. The average molecular weight is 279 g/mol. The molecule has 0 bridgehead atoms. The number of hydrogen-bond acceptors (Lipinski definition) is 4. The van der Waals surface area contributed by atoms with Crippen LogP contribution in [0.25, 0.3) is 0 Å². The van der Waals surface area contributed by atoms with Crippen molar-refractivity contribution in [3.8, 4) is 0 Å². The van der Waals surface area contributed by atoms with E-state index in [1.165, 1.54) is 25.7 Å². The average Bonchev–Trinajstić information content (AvgIpc) is 3.13. The van der Waals surface area contributed by atoms with Gasteiger partial charge in [-0.1, -0.05) is 12.8 Å². The van der Waals surface area contributed by atoms with E-state index in [-0.39, 0.29) is 11.9 Å². The molecule has 1 saturated carbocycles. The highest BCUT2D eigenvalue weighted by molar-refractivity contribution is 5.81. The van der Waals surface area contributed by atoms with Gasteiger partial charge >= 0.3 is 0 Å². The molecular formula is C15H25N3O2. The minimum atomic E-state index is -0.142. The molecule has 0 spiro atoms. The largest absolute Gasteiger partial charge is 0.467 e. The SMILES string of the molecule is CC(C(=O)NCc1ccco1)N(CCN)C1CCCC1. The number of nitrogens with one attached hydrogen (secondary N) is 1. The summed E-state index contributed by atoms with van der Waals surface area (Å²) in [6.07, 6.45) is 6.48. The first-order chi connectivity index (χ1) is 9.72. The Morgan fingerprint density at radius 1 is 1.55 bits per heavy atom. The molecule has 5 heteroatoms. The highest BCUT2D eigenvalue weighted by Crippen LogP contribution is 2.24. The second-order valence-electron chi connectivity index (χ2n) is 5.44. The summed E-state index contributed by atoms with van der Waals surface area (Å²) in [5.41, 5.74) is 5.70. The minimum absolute atomic E-state index is 0.0433. The van der Waals surface area contributed by atoms with Gasteiger partial charge in [-0.2, -0.15) is 0 Å². The molecule has 0 aliphatic heterocycles. The zero-order valence-corrected chi connectivity index (χ0v) is 12.2. The quantitative estimate of drug-likeness (QED) is 0.793. The molecule has 1 unspecified atom stereocenters. The van der Waals surface area contributed by atoms with Crippen LogP contribution in [0.2, 0.25) is 0 Å². The fraction of sp³-hybridized carbons (Fsp3) is 0.667. The smallest absolute Gasteiger partial charge is 0.237 e. The normalized spacial score (nSPS) is 17.6. The summed E-state index contributed by atoms with van der Waals surface area (Å²) in [4.78, 5) is 14.5. The van der Waals surface area contributed by atoms with Crippen molar-refractivity contribution in [2.24, 2.45) is 5.73 Å². The molecule has 1 fully saturated rings. The zero-order valence-electron chi connectivity index (χ0n) is 12.2. The number of carbonyl (C=O) groups is 1. The van der Waals surface area contributed by atoms with Crippen LogP contribution in [0.5, 0.6) is 0 Å². The lowest BCUT2D eigenvalue weighted by Crippen LogP contribution is -2.50. The van der Waals surface area contributed by atoms with Gasteiger partial charge in [0.2, 0.25) is 5.91 Å². The van der Waals surface area contributed by atoms with E-state index in [1.807, 2.05) is 19.1 Å². The standard InChI is InChI=1S/C15H25N3O2/c1-12(15(19)17-11-14-7-4-10-20-14)18(9-8-16)13-5-2-3-6-13/h4,7,10,12-13H,2-3,5-6,8-9,11,16H2,1H3,(H,17,19). The maximum atomic E-state index is 12.3. The third kappa shape index (κ3) is 3.84. The van der Waals surface area contributed by atoms with E-state index in [0.717, 1.165) is 12.3 Å².